The van der Waals surface area contributed by atoms with Crippen LogP contribution in [0.5, 0.6) is 0 Å². The number of benzene rings is 1. The van der Waals surface area contributed by atoms with Crippen LogP contribution in [-0.2, 0) is 17.5 Å². The number of thiocarbonyl (C=S) groups is 1. The molecule has 0 amide bonds. The van der Waals surface area contributed by atoms with E-state index in [0.29, 0.717) is 26.3 Å². The molecule has 0 spiro atoms. The first-order valence-corrected chi connectivity index (χ1v) is 6.84. The molecule has 0 radical (unpaired) electrons. The molecule has 0 aromatic heterocycles. The molecule has 1 aromatic rings. The molecule has 1 aliphatic heterocycles. The Morgan fingerprint density at radius 1 is 1.33 bits per heavy atom. The second-order valence-corrected chi connectivity index (χ2v) is 5.19. The summed E-state index contributed by atoms with van der Waals surface area (Å²) >= 11 is 4.64. The summed E-state index contributed by atoms with van der Waals surface area (Å²) in [6, 6.07) is 4.04. The van der Waals surface area contributed by atoms with Crippen molar-refractivity contribution in [3.63, 3.8) is 0 Å². The van der Waals surface area contributed by atoms with E-state index < -0.39 is 11.7 Å². The van der Waals surface area contributed by atoms with Crippen LogP contribution in [0.1, 0.15) is 11.1 Å². The van der Waals surface area contributed by atoms with Crippen LogP contribution in [-0.4, -0.2) is 36.3 Å². The van der Waals surface area contributed by atoms with Gasteiger partial charge in [-0.15, -0.1) is 0 Å². The van der Waals surface area contributed by atoms with Gasteiger partial charge in [0.1, 0.15) is 0 Å². The van der Waals surface area contributed by atoms with E-state index in [1.165, 1.54) is 6.07 Å². The number of halogens is 3. The summed E-state index contributed by atoms with van der Waals surface area (Å²) < 4.78 is 44.8. The Kier molecular flexibility index (Phi) is 5.02. The van der Waals surface area contributed by atoms with Crippen LogP contribution < -0.4 is 11.1 Å². The van der Waals surface area contributed by atoms with E-state index in [1.54, 1.807) is 6.07 Å². The number of morpholine rings is 1. The highest BCUT2D eigenvalue weighted by Gasteiger charge is 2.34. The molecule has 0 unspecified atom stereocenters. The number of alkyl halides is 3. The lowest BCUT2D eigenvalue weighted by atomic mass is 10.0. The zero-order valence-electron chi connectivity index (χ0n) is 11.2. The molecule has 1 aliphatic rings. The molecule has 4 nitrogen and oxygen atoms in total. The zero-order chi connectivity index (χ0) is 15.5. The molecule has 0 aliphatic carbocycles. The van der Waals surface area contributed by atoms with E-state index in [4.69, 9.17) is 10.5 Å². The lowest BCUT2D eigenvalue weighted by Crippen LogP contribution is -2.36. The third kappa shape index (κ3) is 4.55. The third-order valence-corrected chi connectivity index (χ3v) is 3.28. The van der Waals surface area contributed by atoms with Gasteiger partial charge in [-0.3, -0.25) is 4.90 Å². The summed E-state index contributed by atoms with van der Waals surface area (Å²) in [7, 11) is 0. The molecule has 8 heteroatoms. The Morgan fingerprint density at radius 3 is 2.57 bits per heavy atom. The number of hydrogen-bond donors (Lipinski definition) is 2. The Labute approximate surface area is 126 Å². The predicted octanol–water partition coefficient (Wildman–Crippen LogP) is 2.19. The van der Waals surface area contributed by atoms with Crippen molar-refractivity contribution in [1.29, 1.82) is 0 Å². The van der Waals surface area contributed by atoms with Crippen molar-refractivity contribution in [2.75, 3.05) is 31.6 Å². The minimum absolute atomic E-state index is 0.0657. The summed E-state index contributed by atoms with van der Waals surface area (Å²) in [5.74, 6) is 0. The van der Waals surface area contributed by atoms with Crippen molar-refractivity contribution >= 4 is 23.0 Å². The average molecular weight is 319 g/mol. The first-order chi connectivity index (χ1) is 9.86. The van der Waals surface area contributed by atoms with Crippen LogP contribution in [0.2, 0.25) is 0 Å². The minimum atomic E-state index is -4.42. The molecule has 1 saturated heterocycles. The number of anilines is 1. The average Bonchev–Trinajstić information content (AvgIpc) is 2.40. The molecule has 0 bridgehead atoms. The van der Waals surface area contributed by atoms with Crippen LogP contribution in [0.4, 0.5) is 18.9 Å². The first kappa shape index (κ1) is 16.0. The quantitative estimate of drug-likeness (QED) is 0.837. The first-order valence-electron chi connectivity index (χ1n) is 6.43. The molecule has 1 aromatic carbocycles. The van der Waals surface area contributed by atoms with Crippen LogP contribution in [0.3, 0.4) is 0 Å². The smallest absolute Gasteiger partial charge is 0.379 e. The molecule has 0 saturated carbocycles. The second kappa shape index (κ2) is 6.59. The highest BCUT2D eigenvalue weighted by atomic mass is 32.1. The SMILES string of the molecule is NC(=S)Nc1ccc(CN2CCOCC2)c(C(F)(F)F)c1. The number of ether oxygens (including phenoxy) is 1. The van der Waals surface area contributed by atoms with Crippen LogP contribution in [0.25, 0.3) is 0 Å². The van der Waals surface area contributed by atoms with Gasteiger partial charge in [0.05, 0.1) is 18.8 Å². The van der Waals surface area contributed by atoms with Gasteiger partial charge in [0.15, 0.2) is 5.11 Å². The van der Waals surface area contributed by atoms with Crippen molar-refractivity contribution in [3.05, 3.63) is 29.3 Å². The van der Waals surface area contributed by atoms with Gasteiger partial charge in [-0.2, -0.15) is 13.2 Å². The van der Waals surface area contributed by atoms with Gasteiger partial charge in [0, 0.05) is 25.3 Å². The van der Waals surface area contributed by atoms with Crippen LogP contribution in [0.15, 0.2) is 18.2 Å². The van der Waals surface area contributed by atoms with Gasteiger partial charge in [-0.1, -0.05) is 6.07 Å². The fraction of sp³-hybridized carbons (Fsp3) is 0.462. The number of hydrogen-bond acceptors (Lipinski definition) is 3. The topological polar surface area (TPSA) is 50.5 Å². The van der Waals surface area contributed by atoms with E-state index in [2.05, 4.69) is 17.5 Å². The Balaban J connectivity index is 2.24. The van der Waals surface area contributed by atoms with E-state index in [1.807, 2.05) is 4.90 Å². The molecule has 3 N–H and O–H groups in total. The van der Waals surface area contributed by atoms with E-state index >= 15 is 0 Å². The number of nitrogens with two attached hydrogens (primary N) is 1. The monoisotopic (exact) mass is 319 g/mol. The van der Waals surface area contributed by atoms with Crippen LogP contribution >= 0.6 is 12.2 Å². The summed E-state index contributed by atoms with van der Waals surface area (Å²) in [5, 5.41) is 2.46. The van der Waals surface area contributed by atoms with Gasteiger partial charge in [0.25, 0.3) is 0 Å². The maximum atomic E-state index is 13.2. The maximum absolute atomic E-state index is 13.2. The van der Waals surface area contributed by atoms with Gasteiger partial charge >= 0.3 is 6.18 Å². The van der Waals surface area contributed by atoms with Gasteiger partial charge < -0.3 is 15.8 Å². The molecular weight excluding hydrogens is 303 g/mol. The Morgan fingerprint density at radius 2 is 2.00 bits per heavy atom. The van der Waals surface area contributed by atoms with Crippen molar-refractivity contribution < 1.29 is 17.9 Å². The Bertz CT molecular complexity index is 516. The van der Waals surface area contributed by atoms with E-state index in [-0.39, 0.29) is 22.9 Å². The summed E-state index contributed by atoms with van der Waals surface area (Å²) in [5.41, 5.74) is 5.09. The van der Waals surface area contributed by atoms with Gasteiger partial charge in [-0.05, 0) is 29.9 Å². The molecule has 0 atom stereocenters. The largest absolute Gasteiger partial charge is 0.416 e. The lowest BCUT2D eigenvalue weighted by molar-refractivity contribution is -0.138. The number of nitrogens with one attached hydrogen (secondary N) is 1. The van der Waals surface area contributed by atoms with Crippen molar-refractivity contribution in [3.8, 4) is 0 Å². The fourth-order valence-corrected chi connectivity index (χ4v) is 2.32. The lowest BCUT2D eigenvalue weighted by Gasteiger charge is -2.27. The fourth-order valence-electron chi connectivity index (χ4n) is 2.20. The third-order valence-electron chi connectivity index (χ3n) is 3.18. The Hall–Kier alpha value is -1.38. The van der Waals surface area contributed by atoms with Gasteiger partial charge in [0.2, 0.25) is 0 Å². The van der Waals surface area contributed by atoms with E-state index in [0.717, 1.165) is 6.07 Å². The number of nitrogens with zero attached hydrogens (tertiary/aromatic N) is 1. The zero-order valence-corrected chi connectivity index (χ0v) is 12.1. The molecule has 2 rings (SSSR count). The normalized spacial score (nSPS) is 16.7. The van der Waals surface area contributed by atoms with E-state index in [9.17, 15) is 13.2 Å². The highest BCUT2D eigenvalue weighted by Crippen LogP contribution is 2.34. The van der Waals surface area contributed by atoms with Crippen molar-refractivity contribution in [1.82, 2.24) is 4.90 Å². The highest BCUT2D eigenvalue weighted by molar-refractivity contribution is 7.80. The second-order valence-electron chi connectivity index (χ2n) is 4.75. The maximum Gasteiger partial charge on any atom is 0.416 e. The molecule has 116 valence electrons. The number of rotatable bonds is 3. The van der Waals surface area contributed by atoms with Crippen LogP contribution in [0, 0.1) is 0 Å². The standard InChI is InChI=1S/C13H16F3N3OS/c14-13(15,16)11-7-10(18-12(17)21)2-1-9(11)8-19-3-5-20-6-4-19/h1-2,7H,3-6,8H2,(H3,17,18,21). The van der Waals surface area contributed by atoms with Gasteiger partial charge in [-0.25, -0.2) is 0 Å². The molecule has 1 heterocycles. The molecular formula is C13H16F3N3OS. The summed E-state index contributed by atoms with van der Waals surface area (Å²) in [4.78, 5) is 1.94. The summed E-state index contributed by atoms with van der Waals surface area (Å²) in [6.07, 6.45) is -4.42. The summed E-state index contributed by atoms with van der Waals surface area (Å²) in [6.45, 7) is 2.59. The van der Waals surface area contributed by atoms with Crippen molar-refractivity contribution in [2.24, 2.45) is 5.73 Å². The minimum Gasteiger partial charge on any atom is -0.379 e. The molecule has 1 fully saturated rings. The predicted molar refractivity (Wildman–Crippen MR) is 77.9 cm³/mol. The van der Waals surface area contributed by atoms with Crippen molar-refractivity contribution in [2.45, 2.75) is 12.7 Å². The molecule has 21 heavy (non-hydrogen) atoms.